The molecule has 0 radical (unpaired) electrons. The molecule has 5 nitrogen and oxygen atoms in total. The molecule has 0 atom stereocenters. The van der Waals surface area contributed by atoms with Crippen molar-refractivity contribution in [1.82, 2.24) is 19.7 Å². The Kier molecular flexibility index (Phi) is 2.51. The second-order valence-electron chi connectivity index (χ2n) is 3.88. The molecule has 0 aliphatic carbocycles. The molecule has 3 rings (SSSR count). The van der Waals surface area contributed by atoms with Crippen LogP contribution in [-0.4, -0.2) is 19.7 Å². The molecular weight excluding hydrogens is 234 g/mol. The number of hydrogen-bond donors (Lipinski definition) is 1. The van der Waals surface area contributed by atoms with Crippen molar-refractivity contribution in [2.24, 2.45) is 0 Å². The summed E-state index contributed by atoms with van der Waals surface area (Å²) in [5.74, 6) is 3.14. The van der Waals surface area contributed by atoms with Crippen molar-refractivity contribution in [1.29, 1.82) is 0 Å². The largest absolute Gasteiger partial charge is 0.383 e. The fourth-order valence-corrected chi connectivity index (χ4v) is 3.02. The molecule has 0 amide bonds. The molecule has 0 saturated carbocycles. The van der Waals surface area contributed by atoms with Crippen molar-refractivity contribution in [2.75, 3.05) is 5.73 Å². The minimum Gasteiger partial charge on any atom is -0.383 e. The number of nitrogens with zero attached hydrogens (tertiary/aromatic N) is 4. The molecule has 1 aliphatic heterocycles. The number of thioether (sulfide) groups is 1. The lowest BCUT2D eigenvalue weighted by atomic mass is 10.2. The Balaban J connectivity index is 2.13. The number of aromatic nitrogens is 4. The van der Waals surface area contributed by atoms with E-state index in [-0.39, 0.29) is 0 Å². The van der Waals surface area contributed by atoms with Gasteiger partial charge < -0.3 is 5.73 Å². The number of fused-ring (bicyclic) bond motifs is 1. The Labute approximate surface area is 103 Å². The van der Waals surface area contributed by atoms with Gasteiger partial charge in [-0.2, -0.15) is 16.9 Å². The first-order valence-electron chi connectivity index (χ1n) is 5.54. The minimum absolute atomic E-state index is 0.610. The highest BCUT2D eigenvalue weighted by atomic mass is 32.2. The van der Waals surface area contributed by atoms with Crippen LogP contribution in [-0.2, 0) is 18.1 Å². The smallest absolute Gasteiger partial charge is 0.180 e. The van der Waals surface area contributed by atoms with E-state index in [1.807, 2.05) is 29.4 Å². The standard InChI is InChI=1S/C11H13N5S/c1-2-16-9(3-4-13-16)11-14-8-6-17-5-7(8)10(12)15-11/h3-4H,2,5-6H2,1H3,(H2,12,14,15). The van der Waals surface area contributed by atoms with Crippen molar-refractivity contribution in [3.8, 4) is 11.5 Å². The van der Waals surface area contributed by atoms with Gasteiger partial charge in [-0.05, 0) is 13.0 Å². The predicted molar refractivity (Wildman–Crippen MR) is 68.3 cm³/mol. The maximum atomic E-state index is 5.98. The zero-order valence-electron chi connectivity index (χ0n) is 9.55. The van der Waals surface area contributed by atoms with Crippen molar-refractivity contribution in [3.05, 3.63) is 23.5 Å². The summed E-state index contributed by atoms with van der Waals surface area (Å²) >= 11 is 1.83. The normalized spacial score (nSPS) is 13.9. The third kappa shape index (κ3) is 1.68. The van der Waals surface area contributed by atoms with Gasteiger partial charge >= 0.3 is 0 Å². The van der Waals surface area contributed by atoms with Gasteiger partial charge in [-0.1, -0.05) is 0 Å². The van der Waals surface area contributed by atoms with Gasteiger partial charge in [-0.15, -0.1) is 0 Å². The molecule has 1 aliphatic rings. The summed E-state index contributed by atoms with van der Waals surface area (Å²) in [6.07, 6.45) is 1.76. The topological polar surface area (TPSA) is 69.6 Å². The number of rotatable bonds is 2. The fraction of sp³-hybridized carbons (Fsp3) is 0.364. The monoisotopic (exact) mass is 247 g/mol. The molecule has 2 aromatic heterocycles. The molecule has 0 fully saturated rings. The van der Waals surface area contributed by atoms with Crippen LogP contribution in [0, 0.1) is 0 Å². The highest BCUT2D eigenvalue weighted by Crippen LogP contribution is 2.32. The summed E-state index contributed by atoms with van der Waals surface area (Å²) in [4.78, 5) is 8.98. The van der Waals surface area contributed by atoms with E-state index >= 15 is 0 Å². The van der Waals surface area contributed by atoms with E-state index in [0.29, 0.717) is 11.6 Å². The Morgan fingerprint density at radius 1 is 1.41 bits per heavy atom. The van der Waals surface area contributed by atoms with Crippen LogP contribution < -0.4 is 5.73 Å². The van der Waals surface area contributed by atoms with E-state index in [4.69, 9.17) is 5.73 Å². The van der Waals surface area contributed by atoms with Crippen molar-refractivity contribution in [3.63, 3.8) is 0 Å². The van der Waals surface area contributed by atoms with Crippen LogP contribution in [0.25, 0.3) is 11.5 Å². The van der Waals surface area contributed by atoms with Gasteiger partial charge in [0.2, 0.25) is 0 Å². The molecular formula is C11H13N5S. The van der Waals surface area contributed by atoms with Crippen LogP contribution in [0.3, 0.4) is 0 Å². The molecule has 88 valence electrons. The Morgan fingerprint density at radius 3 is 3.12 bits per heavy atom. The van der Waals surface area contributed by atoms with Gasteiger partial charge in [0.1, 0.15) is 11.5 Å². The van der Waals surface area contributed by atoms with Crippen LogP contribution >= 0.6 is 11.8 Å². The molecule has 6 heteroatoms. The molecule has 17 heavy (non-hydrogen) atoms. The van der Waals surface area contributed by atoms with E-state index in [1.165, 1.54) is 0 Å². The molecule has 2 aromatic rings. The first kappa shape index (κ1) is 10.6. The SMILES string of the molecule is CCn1nccc1-c1nc(N)c2c(n1)CSC2. The molecule has 0 unspecified atom stereocenters. The van der Waals surface area contributed by atoms with Crippen LogP contribution in [0.5, 0.6) is 0 Å². The second kappa shape index (κ2) is 4.03. The van der Waals surface area contributed by atoms with Gasteiger partial charge in [0.05, 0.1) is 5.69 Å². The first-order chi connectivity index (χ1) is 8.29. The highest BCUT2D eigenvalue weighted by Gasteiger charge is 2.19. The average Bonchev–Trinajstić information content (AvgIpc) is 2.96. The summed E-state index contributed by atoms with van der Waals surface area (Å²) < 4.78 is 1.88. The number of hydrogen-bond acceptors (Lipinski definition) is 5. The van der Waals surface area contributed by atoms with Crippen molar-refractivity contribution in [2.45, 2.75) is 25.0 Å². The van der Waals surface area contributed by atoms with E-state index in [0.717, 1.165) is 35.0 Å². The highest BCUT2D eigenvalue weighted by molar-refractivity contribution is 7.98. The quantitative estimate of drug-likeness (QED) is 0.874. The van der Waals surface area contributed by atoms with E-state index < -0.39 is 0 Å². The van der Waals surface area contributed by atoms with Crippen LogP contribution in [0.2, 0.25) is 0 Å². The molecule has 0 aromatic carbocycles. The minimum atomic E-state index is 0.610. The maximum Gasteiger partial charge on any atom is 0.180 e. The number of nitrogens with two attached hydrogens (primary N) is 1. The van der Waals surface area contributed by atoms with Gasteiger partial charge in [0.25, 0.3) is 0 Å². The number of aryl methyl sites for hydroxylation is 1. The lowest BCUT2D eigenvalue weighted by Gasteiger charge is -2.07. The van der Waals surface area contributed by atoms with Crippen LogP contribution in [0.1, 0.15) is 18.2 Å². The summed E-state index contributed by atoms with van der Waals surface area (Å²) in [7, 11) is 0. The average molecular weight is 247 g/mol. The van der Waals surface area contributed by atoms with Crippen molar-refractivity contribution < 1.29 is 0 Å². The lowest BCUT2D eigenvalue weighted by molar-refractivity contribution is 0.663. The first-order valence-corrected chi connectivity index (χ1v) is 6.70. The molecule has 2 N–H and O–H groups in total. The third-order valence-corrected chi connectivity index (χ3v) is 3.83. The fourth-order valence-electron chi connectivity index (χ4n) is 1.97. The Bertz CT molecular complexity index is 563. The zero-order valence-corrected chi connectivity index (χ0v) is 10.4. The van der Waals surface area contributed by atoms with Crippen LogP contribution in [0.4, 0.5) is 5.82 Å². The molecule has 0 spiro atoms. The zero-order chi connectivity index (χ0) is 11.8. The van der Waals surface area contributed by atoms with E-state index in [1.54, 1.807) is 6.20 Å². The molecule has 0 bridgehead atoms. The summed E-state index contributed by atoms with van der Waals surface area (Å²) in [5.41, 5.74) is 9.07. The summed E-state index contributed by atoms with van der Waals surface area (Å²) in [5, 5.41) is 4.22. The molecule has 3 heterocycles. The summed E-state index contributed by atoms with van der Waals surface area (Å²) in [6.45, 7) is 2.85. The van der Waals surface area contributed by atoms with Gasteiger partial charge in [0.15, 0.2) is 5.82 Å². The van der Waals surface area contributed by atoms with Crippen molar-refractivity contribution >= 4 is 17.6 Å². The number of anilines is 1. The predicted octanol–water partition coefficient (Wildman–Crippen LogP) is 1.69. The molecule has 0 saturated heterocycles. The van der Waals surface area contributed by atoms with Gasteiger partial charge in [-0.3, -0.25) is 4.68 Å². The van der Waals surface area contributed by atoms with Gasteiger partial charge in [-0.25, -0.2) is 9.97 Å². The van der Waals surface area contributed by atoms with E-state index in [9.17, 15) is 0 Å². The Morgan fingerprint density at radius 2 is 2.29 bits per heavy atom. The Hall–Kier alpha value is -1.56. The number of nitrogen functional groups attached to an aromatic ring is 1. The summed E-state index contributed by atoms with van der Waals surface area (Å²) in [6, 6.07) is 1.92. The third-order valence-electron chi connectivity index (χ3n) is 2.86. The lowest BCUT2D eigenvalue weighted by Crippen LogP contribution is -2.06. The van der Waals surface area contributed by atoms with Gasteiger partial charge in [0, 0.05) is 29.8 Å². The van der Waals surface area contributed by atoms with E-state index in [2.05, 4.69) is 15.1 Å². The maximum absolute atomic E-state index is 5.98. The second-order valence-corrected chi connectivity index (χ2v) is 4.87. The van der Waals surface area contributed by atoms with Crippen LogP contribution in [0.15, 0.2) is 12.3 Å².